The minimum atomic E-state index is -0.357. The maximum absolute atomic E-state index is 10.9. The van der Waals surface area contributed by atoms with Gasteiger partial charge in [-0.2, -0.15) is 0 Å². The zero-order valence-corrected chi connectivity index (χ0v) is 11.0. The molecule has 0 saturated carbocycles. The van der Waals surface area contributed by atoms with Crippen LogP contribution < -0.4 is 5.32 Å². The lowest BCUT2D eigenvalue weighted by Gasteiger charge is -2.29. The Morgan fingerprint density at radius 2 is 2.11 bits per heavy atom. The highest BCUT2D eigenvalue weighted by Crippen LogP contribution is 2.23. The van der Waals surface area contributed by atoms with Gasteiger partial charge in [0.2, 0.25) is 0 Å². The Kier molecular flexibility index (Phi) is 4.70. The van der Waals surface area contributed by atoms with Crippen LogP contribution in [0.1, 0.15) is 6.92 Å². The van der Waals surface area contributed by atoms with Crippen molar-refractivity contribution in [1.29, 1.82) is 0 Å². The van der Waals surface area contributed by atoms with Gasteiger partial charge in [0.15, 0.2) is 0 Å². The van der Waals surface area contributed by atoms with Gasteiger partial charge in [0.05, 0.1) is 18.1 Å². The number of para-hydroxylation sites is 2. The lowest BCUT2D eigenvalue weighted by molar-refractivity contribution is -0.384. The van der Waals surface area contributed by atoms with Gasteiger partial charge in [-0.25, -0.2) is 0 Å². The molecule has 0 aliphatic carbocycles. The van der Waals surface area contributed by atoms with Crippen LogP contribution in [0.2, 0.25) is 0 Å². The molecule has 1 aliphatic heterocycles. The highest BCUT2D eigenvalue weighted by molar-refractivity contribution is 5.61. The first-order valence-corrected chi connectivity index (χ1v) is 6.47. The van der Waals surface area contributed by atoms with Gasteiger partial charge in [-0.3, -0.25) is 15.0 Å². The zero-order valence-electron chi connectivity index (χ0n) is 11.0. The van der Waals surface area contributed by atoms with E-state index in [9.17, 15) is 10.1 Å². The zero-order chi connectivity index (χ0) is 13.7. The lowest BCUT2D eigenvalue weighted by Crippen LogP contribution is -2.42. The van der Waals surface area contributed by atoms with Crippen molar-refractivity contribution in [3.05, 3.63) is 34.4 Å². The summed E-state index contributed by atoms with van der Waals surface area (Å²) in [5.74, 6) is 0. The van der Waals surface area contributed by atoms with E-state index in [2.05, 4.69) is 10.2 Å². The van der Waals surface area contributed by atoms with Crippen LogP contribution in [-0.4, -0.2) is 48.7 Å². The summed E-state index contributed by atoms with van der Waals surface area (Å²) >= 11 is 0. The summed E-state index contributed by atoms with van der Waals surface area (Å²) in [5.41, 5.74) is 0.699. The topological polar surface area (TPSA) is 67.6 Å². The summed E-state index contributed by atoms with van der Waals surface area (Å²) in [6, 6.07) is 6.89. The largest absolute Gasteiger partial charge is 0.379 e. The van der Waals surface area contributed by atoms with Crippen LogP contribution in [0, 0.1) is 10.1 Å². The van der Waals surface area contributed by atoms with Crippen LogP contribution in [-0.2, 0) is 4.74 Å². The predicted molar refractivity (Wildman–Crippen MR) is 73.4 cm³/mol. The summed E-state index contributed by atoms with van der Waals surface area (Å²) in [7, 11) is 0. The molecular weight excluding hydrogens is 246 g/mol. The molecule has 0 radical (unpaired) electrons. The molecule has 1 saturated heterocycles. The molecule has 1 unspecified atom stereocenters. The smallest absolute Gasteiger partial charge is 0.292 e. The van der Waals surface area contributed by atoms with Gasteiger partial charge < -0.3 is 10.1 Å². The number of morpholine rings is 1. The Hall–Kier alpha value is -1.66. The van der Waals surface area contributed by atoms with Crippen LogP contribution in [0.25, 0.3) is 0 Å². The van der Waals surface area contributed by atoms with Gasteiger partial charge >= 0.3 is 0 Å². The van der Waals surface area contributed by atoms with E-state index in [1.165, 1.54) is 6.07 Å². The van der Waals surface area contributed by atoms with Crippen LogP contribution in [0.4, 0.5) is 11.4 Å². The fourth-order valence-electron chi connectivity index (χ4n) is 2.24. The van der Waals surface area contributed by atoms with E-state index < -0.39 is 0 Å². The van der Waals surface area contributed by atoms with E-state index in [-0.39, 0.29) is 16.7 Å². The highest BCUT2D eigenvalue weighted by atomic mass is 16.6. The second-order valence-corrected chi connectivity index (χ2v) is 4.73. The average molecular weight is 265 g/mol. The van der Waals surface area contributed by atoms with E-state index >= 15 is 0 Å². The molecule has 1 aromatic rings. The summed E-state index contributed by atoms with van der Waals surface area (Å²) in [4.78, 5) is 12.9. The van der Waals surface area contributed by atoms with E-state index in [4.69, 9.17) is 4.74 Å². The Morgan fingerprint density at radius 3 is 2.79 bits per heavy atom. The fourth-order valence-corrected chi connectivity index (χ4v) is 2.24. The molecule has 0 bridgehead atoms. The van der Waals surface area contributed by atoms with Crippen molar-refractivity contribution >= 4 is 11.4 Å². The van der Waals surface area contributed by atoms with Crippen molar-refractivity contribution in [2.45, 2.75) is 13.0 Å². The number of hydrogen-bond acceptors (Lipinski definition) is 5. The third-order valence-electron chi connectivity index (χ3n) is 3.14. The van der Waals surface area contributed by atoms with Gasteiger partial charge in [0, 0.05) is 31.7 Å². The van der Waals surface area contributed by atoms with E-state index in [1.807, 2.05) is 6.92 Å². The molecular formula is C13H19N3O3. The summed E-state index contributed by atoms with van der Waals surface area (Å²) in [5, 5.41) is 14.1. The summed E-state index contributed by atoms with van der Waals surface area (Å²) in [6.45, 7) is 6.25. The van der Waals surface area contributed by atoms with E-state index in [1.54, 1.807) is 18.2 Å². The number of anilines is 1. The van der Waals surface area contributed by atoms with Gasteiger partial charge in [0.1, 0.15) is 5.69 Å². The first kappa shape index (κ1) is 13.8. The van der Waals surface area contributed by atoms with Crippen LogP contribution in [0.5, 0.6) is 0 Å². The lowest BCUT2D eigenvalue weighted by atomic mass is 10.2. The second kappa shape index (κ2) is 6.49. The third-order valence-corrected chi connectivity index (χ3v) is 3.14. The highest BCUT2D eigenvalue weighted by Gasteiger charge is 2.17. The number of benzene rings is 1. The fraction of sp³-hybridized carbons (Fsp3) is 0.538. The number of nitro benzene ring substituents is 1. The standard InChI is InChI=1S/C13H19N3O3/c1-11(10-15-6-8-19-9-7-15)14-12-4-2-3-5-13(12)16(17)18/h2-5,11,14H,6-10H2,1H3. The molecule has 6 heteroatoms. The molecule has 2 rings (SSSR count). The maximum atomic E-state index is 10.9. The van der Waals surface area contributed by atoms with Crippen molar-refractivity contribution in [1.82, 2.24) is 4.90 Å². The maximum Gasteiger partial charge on any atom is 0.292 e. The quantitative estimate of drug-likeness (QED) is 0.648. The monoisotopic (exact) mass is 265 g/mol. The van der Waals surface area contributed by atoms with Gasteiger partial charge in [0.25, 0.3) is 5.69 Å². The van der Waals surface area contributed by atoms with E-state index in [0.717, 1.165) is 32.8 Å². The molecule has 0 spiro atoms. The predicted octanol–water partition coefficient (Wildman–Crippen LogP) is 1.73. The molecule has 1 aliphatic rings. The number of rotatable bonds is 5. The number of nitro groups is 1. The molecule has 19 heavy (non-hydrogen) atoms. The Morgan fingerprint density at radius 1 is 1.42 bits per heavy atom. The summed E-state index contributed by atoms with van der Waals surface area (Å²) < 4.78 is 5.30. The number of hydrogen-bond donors (Lipinski definition) is 1. The normalized spacial score (nSPS) is 17.9. The minimum absolute atomic E-state index is 0.122. The first-order chi connectivity index (χ1) is 9.16. The molecule has 1 N–H and O–H groups in total. The van der Waals surface area contributed by atoms with Crippen LogP contribution in [0.3, 0.4) is 0 Å². The third kappa shape index (κ3) is 3.90. The van der Waals surface area contributed by atoms with Crippen molar-refractivity contribution in [3.8, 4) is 0 Å². The Bertz CT molecular complexity index is 433. The Balaban J connectivity index is 1.94. The molecule has 0 aromatic heterocycles. The Labute approximate surface area is 112 Å². The van der Waals surface area contributed by atoms with Crippen LogP contribution >= 0.6 is 0 Å². The van der Waals surface area contributed by atoms with Crippen LogP contribution in [0.15, 0.2) is 24.3 Å². The first-order valence-electron chi connectivity index (χ1n) is 6.47. The molecule has 1 heterocycles. The van der Waals surface area contributed by atoms with E-state index in [0.29, 0.717) is 5.69 Å². The number of nitrogens with zero attached hydrogens (tertiary/aromatic N) is 2. The molecule has 0 amide bonds. The molecule has 1 fully saturated rings. The summed E-state index contributed by atoms with van der Waals surface area (Å²) in [6.07, 6.45) is 0. The molecule has 1 aromatic carbocycles. The molecule has 1 atom stereocenters. The van der Waals surface area contributed by atoms with Gasteiger partial charge in [-0.1, -0.05) is 12.1 Å². The molecule has 104 valence electrons. The van der Waals surface area contributed by atoms with Crippen molar-refractivity contribution < 1.29 is 9.66 Å². The van der Waals surface area contributed by atoms with Gasteiger partial charge in [-0.05, 0) is 13.0 Å². The average Bonchev–Trinajstić information content (AvgIpc) is 2.40. The SMILES string of the molecule is CC(CN1CCOCC1)Nc1ccccc1[N+](=O)[O-]. The van der Waals surface area contributed by atoms with Crippen molar-refractivity contribution in [3.63, 3.8) is 0 Å². The number of ether oxygens (including phenoxy) is 1. The second-order valence-electron chi connectivity index (χ2n) is 4.73. The molecule has 6 nitrogen and oxygen atoms in total. The minimum Gasteiger partial charge on any atom is -0.379 e. The van der Waals surface area contributed by atoms with Gasteiger partial charge in [-0.15, -0.1) is 0 Å². The number of nitrogens with one attached hydrogen (secondary N) is 1. The van der Waals surface area contributed by atoms with Crippen molar-refractivity contribution in [2.75, 3.05) is 38.2 Å². The van der Waals surface area contributed by atoms with Crippen molar-refractivity contribution in [2.24, 2.45) is 0 Å².